The number of hydrogen-bond acceptors (Lipinski definition) is 1. The second kappa shape index (κ2) is 2.45. The van der Waals surface area contributed by atoms with E-state index in [1.165, 1.54) is 0 Å². The first-order valence-corrected chi connectivity index (χ1v) is 1.66. The van der Waals surface area contributed by atoms with Crippen molar-refractivity contribution in [1.29, 1.82) is 0 Å². The van der Waals surface area contributed by atoms with E-state index in [1.54, 1.807) is 0 Å². The van der Waals surface area contributed by atoms with Crippen LogP contribution in [0.2, 0.25) is 0 Å². The largest absolute Gasteiger partial charge is 0.315 e. The molecule has 0 amide bonds. The molecular formula is C4H7NO+. The zero-order valence-electron chi connectivity index (χ0n) is 3.53. The van der Waals surface area contributed by atoms with Crippen molar-refractivity contribution >= 4 is 0 Å². The van der Waals surface area contributed by atoms with Gasteiger partial charge in [-0.25, -0.2) is 0 Å². The van der Waals surface area contributed by atoms with E-state index in [4.69, 9.17) is 0 Å². The van der Waals surface area contributed by atoms with E-state index in [2.05, 4.69) is 18.8 Å². The number of hydrogen-bond donors (Lipinski definition) is 1. The predicted molar refractivity (Wildman–Crippen MR) is 23.2 cm³/mol. The summed E-state index contributed by atoms with van der Waals surface area (Å²) in [6, 6.07) is 0. The van der Waals surface area contributed by atoms with Gasteiger partial charge in [-0.1, -0.05) is 0 Å². The van der Waals surface area contributed by atoms with Crippen molar-refractivity contribution in [3.05, 3.63) is 19.4 Å². The molecule has 0 rings (SSSR count). The van der Waals surface area contributed by atoms with Gasteiger partial charge in [0.2, 0.25) is 5.88 Å². The molecule has 2 heteroatoms. The van der Waals surface area contributed by atoms with Crippen LogP contribution in [0.25, 0.3) is 0 Å². The molecule has 0 aromatic heterocycles. The molecule has 33 valence electrons. The molecule has 0 saturated carbocycles. The van der Waals surface area contributed by atoms with Gasteiger partial charge in [-0.15, -0.1) is 0 Å². The van der Waals surface area contributed by atoms with Crippen LogP contribution in [0.4, 0.5) is 0 Å². The van der Waals surface area contributed by atoms with Crippen LogP contribution in [0.5, 0.6) is 0 Å². The molecule has 6 heavy (non-hydrogen) atoms. The Morgan fingerprint density at radius 1 is 2.00 bits per heavy atom. The molecule has 0 bridgehead atoms. The van der Waals surface area contributed by atoms with Gasteiger partial charge in [0.25, 0.3) is 0 Å². The van der Waals surface area contributed by atoms with Crippen molar-refractivity contribution in [2.45, 2.75) is 0 Å². The van der Waals surface area contributed by atoms with E-state index in [0.29, 0.717) is 6.54 Å². The van der Waals surface area contributed by atoms with Crippen molar-refractivity contribution in [2.75, 3.05) is 6.54 Å². The maximum Gasteiger partial charge on any atom is 0.239 e. The van der Waals surface area contributed by atoms with Crippen LogP contribution in [0.1, 0.15) is 0 Å². The maximum absolute atomic E-state index is 9.78. The Morgan fingerprint density at radius 3 is 2.50 bits per heavy atom. The topological polar surface area (TPSA) is 31.9 Å². The third-order valence-electron chi connectivity index (χ3n) is 0.322. The van der Waals surface area contributed by atoms with Crippen LogP contribution in [-0.4, -0.2) is 6.54 Å². The summed E-state index contributed by atoms with van der Waals surface area (Å²) in [7, 11) is 0. The zero-order valence-corrected chi connectivity index (χ0v) is 3.53. The van der Waals surface area contributed by atoms with E-state index in [0.717, 1.165) is 0 Å². The molecule has 0 heterocycles. The fourth-order valence-electron chi connectivity index (χ4n) is 0.139. The van der Waals surface area contributed by atoms with Gasteiger partial charge in [0.15, 0.2) is 6.54 Å². The molecule has 0 aliphatic carbocycles. The normalized spacial score (nSPS) is 7.33. The minimum absolute atomic E-state index is 0.273. The van der Waals surface area contributed by atoms with Gasteiger partial charge >= 0.3 is 0 Å². The summed E-state index contributed by atoms with van der Waals surface area (Å²) in [5.74, 6) is -0.273. The van der Waals surface area contributed by atoms with E-state index in [9.17, 15) is 5.11 Å². The number of nitrogens with one attached hydrogen (secondary N) is 1. The van der Waals surface area contributed by atoms with E-state index >= 15 is 0 Å². The summed E-state index contributed by atoms with van der Waals surface area (Å²) in [6.45, 7) is 6.81. The molecule has 0 spiro atoms. The Balaban J connectivity index is 2.83. The average molecular weight is 85.1 g/mol. The van der Waals surface area contributed by atoms with E-state index < -0.39 is 0 Å². The molecule has 0 saturated heterocycles. The molecule has 0 aromatic carbocycles. The molecule has 2 nitrogen and oxygen atoms in total. The Kier molecular flexibility index (Phi) is 2.13. The third kappa shape index (κ3) is 3.21. The molecule has 0 unspecified atom stereocenters. The molecule has 0 atom stereocenters. The first-order valence-electron chi connectivity index (χ1n) is 1.66. The molecule has 0 aliphatic heterocycles. The second-order valence-electron chi connectivity index (χ2n) is 0.850. The highest BCUT2D eigenvalue weighted by Gasteiger charge is 1.82. The summed E-state index contributed by atoms with van der Waals surface area (Å²) in [4.78, 5) is 0. The number of rotatable bonds is 2. The van der Waals surface area contributed by atoms with Crippen molar-refractivity contribution in [3.63, 3.8) is 0 Å². The maximum atomic E-state index is 9.78. The molecule has 0 aliphatic rings. The van der Waals surface area contributed by atoms with Crippen LogP contribution in [-0.2, 0) is 5.11 Å². The summed E-state index contributed by atoms with van der Waals surface area (Å²) < 4.78 is 0. The lowest BCUT2D eigenvalue weighted by molar-refractivity contribution is 0.269. The summed E-state index contributed by atoms with van der Waals surface area (Å²) >= 11 is 0. The van der Waals surface area contributed by atoms with Crippen LogP contribution in [0.3, 0.4) is 0 Å². The van der Waals surface area contributed by atoms with Crippen LogP contribution in [0.15, 0.2) is 12.5 Å². The molecular weight excluding hydrogens is 78.0 g/mol. The lowest BCUT2D eigenvalue weighted by atomic mass is 10.7. The van der Waals surface area contributed by atoms with Gasteiger partial charge in [-0.2, -0.15) is 0 Å². The fourth-order valence-corrected chi connectivity index (χ4v) is 0.139. The third-order valence-corrected chi connectivity index (χ3v) is 0.322. The minimum atomic E-state index is -0.273. The standard InChI is InChI=1S/C4H7NO/c1-3-5-4(2)6/h5H,1-3H2/q+1. The van der Waals surface area contributed by atoms with Crippen molar-refractivity contribution in [3.8, 4) is 0 Å². The summed E-state index contributed by atoms with van der Waals surface area (Å²) in [6.07, 6.45) is 0. The van der Waals surface area contributed by atoms with Gasteiger partial charge in [0, 0.05) is 0 Å². The lowest BCUT2D eigenvalue weighted by Gasteiger charge is -1.84. The first-order chi connectivity index (χ1) is 2.77. The van der Waals surface area contributed by atoms with Gasteiger partial charge in [0.05, 0.1) is 6.92 Å². The van der Waals surface area contributed by atoms with Crippen molar-refractivity contribution in [2.24, 2.45) is 0 Å². The SMILES string of the molecule is C=C([O])NC[CH2+]. The first kappa shape index (κ1) is 5.21. The predicted octanol–water partition coefficient (Wildman–Crippen LogP) is 0.312. The smallest absolute Gasteiger partial charge is 0.239 e. The van der Waals surface area contributed by atoms with Crippen molar-refractivity contribution in [1.82, 2.24) is 5.32 Å². The molecule has 0 fully saturated rings. The Morgan fingerprint density at radius 2 is 2.50 bits per heavy atom. The van der Waals surface area contributed by atoms with Crippen LogP contribution < -0.4 is 5.32 Å². The summed E-state index contributed by atoms with van der Waals surface area (Å²) in [5.41, 5.74) is 0. The monoisotopic (exact) mass is 85.1 g/mol. The lowest BCUT2D eigenvalue weighted by Crippen LogP contribution is -2.08. The quantitative estimate of drug-likeness (QED) is 0.380. The minimum Gasteiger partial charge on any atom is -0.315 e. The van der Waals surface area contributed by atoms with Crippen LogP contribution >= 0.6 is 0 Å². The fraction of sp³-hybridized carbons (Fsp3) is 0.250. The highest BCUT2D eigenvalue weighted by Crippen LogP contribution is 1.68. The van der Waals surface area contributed by atoms with Crippen molar-refractivity contribution < 1.29 is 5.11 Å². The van der Waals surface area contributed by atoms with E-state index in [1.807, 2.05) is 0 Å². The van der Waals surface area contributed by atoms with Gasteiger partial charge in [0.1, 0.15) is 0 Å². The molecule has 0 aromatic rings. The second-order valence-corrected chi connectivity index (χ2v) is 0.850. The highest BCUT2D eigenvalue weighted by molar-refractivity contribution is 4.73. The average Bonchev–Trinajstić information content (AvgIpc) is 1.35. The Labute approximate surface area is 37.5 Å². The van der Waals surface area contributed by atoms with Crippen LogP contribution in [0, 0.1) is 6.92 Å². The molecule has 1 radical (unpaired) electrons. The van der Waals surface area contributed by atoms with Gasteiger partial charge in [-0.3, -0.25) is 5.11 Å². The van der Waals surface area contributed by atoms with E-state index in [-0.39, 0.29) is 5.88 Å². The zero-order chi connectivity index (χ0) is 4.99. The highest BCUT2D eigenvalue weighted by atomic mass is 16.3. The Bertz CT molecular complexity index is 51.5. The summed E-state index contributed by atoms with van der Waals surface area (Å²) in [5, 5.41) is 12.1. The molecule has 1 N–H and O–H groups in total. The Hall–Kier alpha value is -0.790. The van der Waals surface area contributed by atoms with Gasteiger partial charge in [-0.05, 0) is 6.58 Å². The van der Waals surface area contributed by atoms with Gasteiger partial charge < -0.3 is 5.32 Å².